The Morgan fingerprint density at radius 2 is 1.96 bits per heavy atom. The van der Waals surface area contributed by atoms with Crippen LogP contribution in [0.25, 0.3) is 10.9 Å². The van der Waals surface area contributed by atoms with E-state index in [-0.39, 0.29) is 5.88 Å². The Hall–Kier alpha value is -2.60. The molecule has 4 heterocycles. The summed E-state index contributed by atoms with van der Waals surface area (Å²) in [5.41, 5.74) is 4.07. The Bertz CT molecular complexity index is 884. The van der Waals surface area contributed by atoms with Crippen molar-refractivity contribution in [2.45, 2.75) is 19.9 Å². The quantitative estimate of drug-likeness (QED) is 0.792. The first-order valence-corrected chi connectivity index (χ1v) is 8.63. The zero-order valence-corrected chi connectivity index (χ0v) is 14.4. The van der Waals surface area contributed by atoms with Crippen molar-refractivity contribution < 1.29 is 9.84 Å². The second kappa shape index (κ2) is 6.72. The summed E-state index contributed by atoms with van der Waals surface area (Å²) in [7, 11) is 0. The van der Waals surface area contributed by atoms with Crippen LogP contribution in [0.1, 0.15) is 11.3 Å². The molecule has 1 aliphatic rings. The second-order valence-electron chi connectivity index (χ2n) is 6.41. The Morgan fingerprint density at radius 1 is 1.16 bits per heavy atom. The monoisotopic (exact) mass is 338 g/mol. The number of fused-ring (bicyclic) bond motifs is 1. The lowest BCUT2D eigenvalue weighted by atomic mass is 10.2. The van der Waals surface area contributed by atoms with Crippen LogP contribution in [0.5, 0.6) is 5.88 Å². The third-order valence-corrected chi connectivity index (χ3v) is 4.66. The van der Waals surface area contributed by atoms with Crippen LogP contribution in [-0.4, -0.2) is 45.9 Å². The smallest absolute Gasteiger partial charge is 0.202 e. The van der Waals surface area contributed by atoms with E-state index in [1.165, 1.54) is 5.56 Å². The molecule has 3 aromatic heterocycles. The topological polar surface area (TPSA) is 63.4 Å². The zero-order valence-electron chi connectivity index (χ0n) is 14.4. The van der Waals surface area contributed by atoms with Gasteiger partial charge in [-0.3, -0.25) is 9.97 Å². The number of aromatic hydroxyl groups is 1. The minimum atomic E-state index is 0.275. The van der Waals surface area contributed by atoms with Gasteiger partial charge in [-0.2, -0.15) is 0 Å². The van der Waals surface area contributed by atoms with Gasteiger partial charge in [-0.15, -0.1) is 0 Å². The number of aromatic nitrogens is 3. The molecule has 1 fully saturated rings. The van der Waals surface area contributed by atoms with E-state index in [0.29, 0.717) is 19.8 Å². The highest BCUT2D eigenvalue weighted by Crippen LogP contribution is 2.34. The Kier molecular flexibility index (Phi) is 4.28. The molecule has 0 atom stereocenters. The summed E-state index contributed by atoms with van der Waals surface area (Å²) < 4.78 is 7.30. The maximum atomic E-state index is 10.8. The predicted molar refractivity (Wildman–Crippen MR) is 97.1 cm³/mol. The normalized spacial score (nSPS) is 15.0. The minimum Gasteiger partial charge on any atom is -0.494 e. The van der Waals surface area contributed by atoms with E-state index < -0.39 is 0 Å². The maximum Gasteiger partial charge on any atom is 0.202 e. The van der Waals surface area contributed by atoms with E-state index in [9.17, 15) is 5.11 Å². The van der Waals surface area contributed by atoms with Gasteiger partial charge in [-0.25, -0.2) is 0 Å². The van der Waals surface area contributed by atoms with Gasteiger partial charge in [-0.1, -0.05) is 0 Å². The number of nitrogens with zero attached hydrogens (tertiary/aromatic N) is 4. The molecular weight excluding hydrogens is 316 g/mol. The van der Waals surface area contributed by atoms with Crippen molar-refractivity contribution in [3.05, 3.63) is 48.0 Å². The number of hydrogen-bond acceptors (Lipinski definition) is 5. The highest BCUT2D eigenvalue weighted by Gasteiger charge is 2.19. The molecule has 0 spiro atoms. The molecule has 1 N–H and O–H groups in total. The molecule has 0 aromatic carbocycles. The molecule has 0 radical (unpaired) electrons. The van der Waals surface area contributed by atoms with Crippen molar-refractivity contribution in [2.75, 3.05) is 31.2 Å². The van der Waals surface area contributed by atoms with Crippen LogP contribution in [0.15, 0.2) is 36.8 Å². The third kappa shape index (κ3) is 3.17. The number of aryl methyl sites for hydroxylation is 3. The average molecular weight is 338 g/mol. The lowest BCUT2D eigenvalue weighted by Crippen LogP contribution is -2.36. The molecule has 3 aromatic rings. The standard InChI is InChI=1S/C19H22N4O2/c1-14-2-5-20-15(12-14)4-7-23-13-16-18(19(23)24)17(3-6-21-16)22-8-10-25-11-9-22/h2-3,5-6,12-13,24H,4,7-11H2,1H3. The summed E-state index contributed by atoms with van der Waals surface area (Å²) in [6, 6.07) is 6.04. The zero-order chi connectivity index (χ0) is 17.2. The molecular formula is C19H22N4O2. The highest BCUT2D eigenvalue weighted by molar-refractivity contribution is 5.96. The first-order chi connectivity index (χ1) is 12.2. The molecule has 0 bridgehead atoms. The third-order valence-electron chi connectivity index (χ3n) is 4.66. The van der Waals surface area contributed by atoms with Crippen molar-refractivity contribution in [1.82, 2.24) is 14.5 Å². The van der Waals surface area contributed by atoms with Crippen LogP contribution in [0.2, 0.25) is 0 Å². The van der Waals surface area contributed by atoms with Crippen LogP contribution < -0.4 is 4.90 Å². The minimum absolute atomic E-state index is 0.275. The number of anilines is 1. The molecule has 0 aliphatic carbocycles. The van der Waals surface area contributed by atoms with Crippen molar-refractivity contribution in [3.8, 4) is 5.88 Å². The van der Waals surface area contributed by atoms with Gasteiger partial charge < -0.3 is 19.3 Å². The lowest BCUT2D eigenvalue weighted by molar-refractivity contribution is 0.123. The molecule has 0 amide bonds. The van der Waals surface area contributed by atoms with Crippen LogP contribution in [0, 0.1) is 6.92 Å². The van der Waals surface area contributed by atoms with Crippen LogP contribution >= 0.6 is 0 Å². The fraction of sp³-hybridized carbons (Fsp3) is 0.368. The summed E-state index contributed by atoms with van der Waals surface area (Å²) in [6.07, 6.45) is 6.32. The molecule has 6 nitrogen and oxygen atoms in total. The fourth-order valence-corrected chi connectivity index (χ4v) is 3.36. The van der Waals surface area contributed by atoms with Gasteiger partial charge in [0.2, 0.25) is 5.88 Å². The maximum absolute atomic E-state index is 10.8. The van der Waals surface area contributed by atoms with Gasteiger partial charge in [0.1, 0.15) is 0 Å². The SMILES string of the molecule is Cc1ccnc(CCn2cc3nccc(N4CCOCC4)c3c2O)c1. The molecule has 1 aliphatic heterocycles. The van der Waals surface area contributed by atoms with Crippen LogP contribution in [0.4, 0.5) is 5.69 Å². The van der Waals surface area contributed by atoms with Crippen molar-refractivity contribution >= 4 is 16.6 Å². The molecule has 25 heavy (non-hydrogen) atoms. The summed E-state index contributed by atoms with van der Waals surface area (Å²) >= 11 is 0. The van der Waals surface area contributed by atoms with E-state index >= 15 is 0 Å². The largest absolute Gasteiger partial charge is 0.494 e. The summed E-state index contributed by atoms with van der Waals surface area (Å²) in [4.78, 5) is 11.1. The summed E-state index contributed by atoms with van der Waals surface area (Å²) in [5.74, 6) is 0.275. The molecule has 6 heteroatoms. The summed E-state index contributed by atoms with van der Waals surface area (Å²) in [6.45, 7) is 5.81. The number of morpholine rings is 1. The van der Waals surface area contributed by atoms with E-state index in [1.54, 1.807) is 6.20 Å². The van der Waals surface area contributed by atoms with Gasteiger partial charge in [-0.05, 0) is 30.7 Å². The van der Waals surface area contributed by atoms with Crippen molar-refractivity contribution in [1.29, 1.82) is 0 Å². The van der Waals surface area contributed by atoms with Gasteiger partial charge >= 0.3 is 0 Å². The van der Waals surface area contributed by atoms with Crippen LogP contribution in [0.3, 0.4) is 0 Å². The van der Waals surface area contributed by atoms with E-state index in [0.717, 1.165) is 41.8 Å². The Labute approximate surface area is 146 Å². The first-order valence-electron chi connectivity index (χ1n) is 8.63. The average Bonchev–Trinajstić information content (AvgIpc) is 2.97. The lowest BCUT2D eigenvalue weighted by Gasteiger charge is -2.29. The number of ether oxygens (including phenoxy) is 1. The molecule has 0 saturated carbocycles. The van der Waals surface area contributed by atoms with Gasteiger partial charge in [0.15, 0.2) is 0 Å². The molecule has 1 saturated heterocycles. The van der Waals surface area contributed by atoms with Gasteiger partial charge in [0.25, 0.3) is 0 Å². The van der Waals surface area contributed by atoms with E-state index in [1.807, 2.05) is 29.1 Å². The fourth-order valence-electron chi connectivity index (χ4n) is 3.36. The Morgan fingerprint density at radius 3 is 2.76 bits per heavy atom. The molecule has 0 unspecified atom stereocenters. The molecule has 130 valence electrons. The van der Waals surface area contributed by atoms with Gasteiger partial charge in [0.05, 0.1) is 29.8 Å². The Balaban J connectivity index is 1.63. The highest BCUT2D eigenvalue weighted by atomic mass is 16.5. The number of rotatable bonds is 4. The van der Waals surface area contributed by atoms with Crippen molar-refractivity contribution in [2.24, 2.45) is 0 Å². The molecule has 4 rings (SSSR count). The van der Waals surface area contributed by atoms with Gasteiger partial charge in [0, 0.05) is 50.3 Å². The number of hydrogen-bond donors (Lipinski definition) is 1. The van der Waals surface area contributed by atoms with E-state index in [2.05, 4.69) is 27.9 Å². The van der Waals surface area contributed by atoms with Crippen LogP contribution in [-0.2, 0) is 17.7 Å². The van der Waals surface area contributed by atoms with E-state index in [4.69, 9.17) is 4.74 Å². The predicted octanol–water partition coefficient (Wildman–Crippen LogP) is 2.52. The van der Waals surface area contributed by atoms with Crippen molar-refractivity contribution in [3.63, 3.8) is 0 Å². The first kappa shape index (κ1) is 15.9. The summed E-state index contributed by atoms with van der Waals surface area (Å²) in [5, 5.41) is 11.6. The second-order valence-corrected chi connectivity index (χ2v) is 6.41. The number of pyridine rings is 2.